The number of anilines is 1. The van der Waals surface area contributed by atoms with E-state index in [0.29, 0.717) is 18.8 Å². The highest BCUT2D eigenvalue weighted by Crippen LogP contribution is 2.22. The molecular weight excluding hydrogens is 382 g/mol. The van der Waals surface area contributed by atoms with Gasteiger partial charge in [0, 0.05) is 43.7 Å². The summed E-state index contributed by atoms with van der Waals surface area (Å²) in [4.78, 5) is 24.1. The van der Waals surface area contributed by atoms with Crippen molar-refractivity contribution >= 4 is 21.6 Å². The lowest BCUT2D eigenvalue weighted by atomic mass is 10.2. The highest BCUT2D eigenvalue weighted by molar-refractivity contribution is 7.89. The van der Waals surface area contributed by atoms with Crippen LogP contribution in [0.25, 0.3) is 0 Å². The largest absolute Gasteiger partial charge is 0.373 e. The van der Waals surface area contributed by atoms with Gasteiger partial charge in [-0.25, -0.2) is 8.42 Å². The van der Waals surface area contributed by atoms with Gasteiger partial charge in [-0.3, -0.25) is 9.59 Å². The number of nitrogens with one attached hydrogen (secondary N) is 1. The van der Waals surface area contributed by atoms with Crippen LogP contribution in [0.15, 0.2) is 52.3 Å². The number of rotatable bonds is 4. The van der Waals surface area contributed by atoms with Gasteiger partial charge in [0.15, 0.2) is 0 Å². The molecular formula is C19H23N3O5S. The first kappa shape index (κ1) is 20.2. The van der Waals surface area contributed by atoms with Gasteiger partial charge in [-0.2, -0.15) is 4.31 Å². The van der Waals surface area contributed by atoms with Crippen LogP contribution >= 0.6 is 0 Å². The summed E-state index contributed by atoms with van der Waals surface area (Å²) in [5, 5.41) is 2.66. The van der Waals surface area contributed by atoms with Crippen molar-refractivity contribution in [3.8, 4) is 0 Å². The zero-order valence-electron chi connectivity index (χ0n) is 16.0. The monoisotopic (exact) mass is 405 g/mol. The van der Waals surface area contributed by atoms with Gasteiger partial charge in [0.2, 0.25) is 10.0 Å². The SMILES string of the molecule is C[C@@H]1CN(S(=O)(=O)c2ccc(NC(=O)c3ccn(C)c(=O)c3)cc2)C[C@H](C)O1. The van der Waals surface area contributed by atoms with E-state index in [4.69, 9.17) is 4.74 Å². The van der Waals surface area contributed by atoms with Crippen LogP contribution < -0.4 is 10.9 Å². The summed E-state index contributed by atoms with van der Waals surface area (Å²) in [6.07, 6.45) is 1.17. The minimum Gasteiger partial charge on any atom is -0.373 e. The van der Waals surface area contributed by atoms with Gasteiger partial charge in [-0.1, -0.05) is 0 Å². The lowest BCUT2D eigenvalue weighted by molar-refractivity contribution is -0.0440. The van der Waals surface area contributed by atoms with Gasteiger partial charge >= 0.3 is 0 Å². The fraction of sp³-hybridized carbons (Fsp3) is 0.368. The van der Waals surface area contributed by atoms with Gasteiger partial charge < -0.3 is 14.6 Å². The second-order valence-electron chi connectivity index (χ2n) is 6.92. The molecule has 9 heteroatoms. The summed E-state index contributed by atoms with van der Waals surface area (Å²) < 4.78 is 34.1. The lowest BCUT2D eigenvalue weighted by Gasteiger charge is -2.34. The van der Waals surface area contributed by atoms with E-state index in [1.54, 1.807) is 7.05 Å². The number of carbonyl (C=O) groups is 1. The Morgan fingerprint density at radius 1 is 1.11 bits per heavy atom. The molecule has 0 unspecified atom stereocenters. The fourth-order valence-electron chi connectivity index (χ4n) is 3.08. The van der Waals surface area contributed by atoms with Crippen LogP contribution in [0.3, 0.4) is 0 Å². The van der Waals surface area contributed by atoms with Crippen molar-refractivity contribution in [3.05, 3.63) is 58.5 Å². The first-order valence-electron chi connectivity index (χ1n) is 8.90. The lowest BCUT2D eigenvalue weighted by Crippen LogP contribution is -2.48. The summed E-state index contributed by atoms with van der Waals surface area (Å²) in [6.45, 7) is 4.28. The molecule has 1 fully saturated rings. The van der Waals surface area contributed by atoms with Crippen molar-refractivity contribution < 1.29 is 17.9 Å². The highest BCUT2D eigenvalue weighted by atomic mass is 32.2. The summed E-state index contributed by atoms with van der Waals surface area (Å²) >= 11 is 0. The number of ether oxygens (including phenoxy) is 1. The topological polar surface area (TPSA) is 97.7 Å². The van der Waals surface area contributed by atoms with Crippen LogP contribution in [0.5, 0.6) is 0 Å². The zero-order valence-corrected chi connectivity index (χ0v) is 16.8. The molecule has 1 aliphatic rings. The van der Waals surface area contributed by atoms with Crippen LogP contribution in [0, 0.1) is 0 Å². The molecule has 1 saturated heterocycles. The molecule has 0 spiro atoms. The number of sulfonamides is 1. The number of benzene rings is 1. The molecule has 1 amide bonds. The van der Waals surface area contributed by atoms with E-state index in [9.17, 15) is 18.0 Å². The highest BCUT2D eigenvalue weighted by Gasteiger charge is 2.32. The van der Waals surface area contributed by atoms with Gasteiger partial charge in [-0.15, -0.1) is 0 Å². The van der Waals surface area contributed by atoms with Crippen molar-refractivity contribution in [2.24, 2.45) is 7.05 Å². The Morgan fingerprint density at radius 2 is 1.71 bits per heavy atom. The van der Waals surface area contributed by atoms with E-state index in [1.807, 2.05) is 13.8 Å². The molecule has 2 heterocycles. The van der Waals surface area contributed by atoms with E-state index < -0.39 is 15.9 Å². The van der Waals surface area contributed by atoms with Gasteiger partial charge in [0.25, 0.3) is 11.5 Å². The van der Waals surface area contributed by atoms with Crippen molar-refractivity contribution in [2.75, 3.05) is 18.4 Å². The number of aromatic nitrogens is 1. The van der Waals surface area contributed by atoms with E-state index >= 15 is 0 Å². The Balaban J connectivity index is 1.74. The second-order valence-corrected chi connectivity index (χ2v) is 8.86. The second kappa shape index (κ2) is 7.86. The maximum Gasteiger partial charge on any atom is 0.255 e. The first-order valence-corrected chi connectivity index (χ1v) is 10.3. The Hall–Kier alpha value is -2.49. The third-order valence-electron chi connectivity index (χ3n) is 4.50. The molecule has 1 aliphatic heterocycles. The first-order chi connectivity index (χ1) is 13.2. The summed E-state index contributed by atoms with van der Waals surface area (Å²) in [5.41, 5.74) is 0.382. The van der Waals surface area contributed by atoms with Crippen LogP contribution in [0.1, 0.15) is 24.2 Å². The average molecular weight is 405 g/mol. The zero-order chi connectivity index (χ0) is 20.5. The van der Waals surface area contributed by atoms with Crippen molar-refractivity contribution in [2.45, 2.75) is 31.0 Å². The Kier molecular flexibility index (Phi) is 5.69. The summed E-state index contributed by atoms with van der Waals surface area (Å²) in [6, 6.07) is 8.75. The molecule has 8 nitrogen and oxygen atoms in total. The van der Waals surface area contributed by atoms with E-state index in [2.05, 4.69) is 5.32 Å². The van der Waals surface area contributed by atoms with E-state index in [0.717, 1.165) is 0 Å². The van der Waals surface area contributed by atoms with Crippen molar-refractivity contribution in [3.63, 3.8) is 0 Å². The molecule has 28 heavy (non-hydrogen) atoms. The predicted octanol–water partition coefficient (Wildman–Crippen LogP) is 1.44. The quantitative estimate of drug-likeness (QED) is 0.830. The van der Waals surface area contributed by atoms with E-state index in [-0.39, 0.29) is 28.2 Å². The molecule has 1 aromatic carbocycles. The third-order valence-corrected chi connectivity index (χ3v) is 6.35. The molecule has 0 saturated carbocycles. The molecule has 0 bridgehead atoms. The Labute approximate surface area is 163 Å². The number of hydrogen-bond donors (Lipinski definition) is 1. The number of amides is 1. The molecule has 0 radical (unpaired) electrons. The van der Waals surface area contributed by atoms with Crippen molar-refractivity contribution in [1.82, 2.24) is 8.87 Å². The minimum absolute atomic E-state index is 0.153. The normalized spacial score (nSPS) is 20.7. The molecule has 0 aliphatic carbocycles. The van der Waals surface area contributed by atoms with Gasteiger partial charge in [0.05, 0.1) is 17.1 Å². The number of hydrogen-bond acceptors (Lipinski definition) is 5. The molecule has 2 aromatic rings. The van der Waals surface area contributed by atoms with Gasteiger partial charge in [-0.05, 0) is 44.2 Å². The van der Waals surface area contributed by atoms with Crippen LogP contribution in [-0.4, -0.2) is 48.5 Å². The third kappa shape index (κ3) is 4.32. The van der Waals surface area contributed by atoms with Gasteiger partial charge in [0.1, 0.15) is 0 Å². The van der Waals surface area contributed by atoms with Crippen LogP contribution in [0.2, 0.25) is 0 Å². The van der Waals surface area contributed by atoms with Crippen LogP contribution in [0.4, 0.5) is 5.69 Å². The Morgan fingerprint density at radius 3 is 2.29 bits per heavy atom. The fourth-order valence-corrected chi connectivity index (χ4v) is 4.67. The molecule has 1 N–H and O–H groups in total. The maximum atomic E-state index is 12.8. The molecule has 150 valence electrons. The molecule has 3 rings (SSSR count). The maximum absolute atomic E-state index is 12.8. The summed E-state index contributed by atoms with van der Waals surface area (Å²) in [7, 11) is -2.04. The summed E-state index contributed by atoms with van der Waals surface area (Å²) in [5.74, 6) is -0.441. The molecule has 1 aromatic heterocycles. The van der Waals surface area contributed by atoms with E-state index in [1.165, 1.54) is 51.5 Å². The number of carbonyl (C=O) groups excluding carboxylic acids is 1. The molecule has 2 atom stereocenters. The predicted molar refractivity (Wildman–Crippen MR) is 105 cm³/mol. The Bertz CT molecular complexity index is 1020. The number of nitrogens with zero attached hydrogens (tertiary/aromatic N) is 2. The number of aryl methyl sites for hydroxylation is 1. The average Bonchev–Trinajstić information content (AvgIpc) is 2.63. The van der Waals surface area contributed by atoms with Crippen LogP contribution in [-0.2, 0) is 21.8 Å². The number of morpholine rings is 1. The number of pyridine rings is 1. The van der Waals surface area contributed by atoms with Crippen molar-refractivity contribution in [1.29, 1.82) is 0 Å². The smallest absolute Gasteiger partial charge is 0.255 e. The minimum atomic E-state index is -3.64. The standard InChI is InChI=1S/C19H23N3O5S/c1-13-11-22(12-14(2)27-13)28(25,26)17-6-4-16(5-7-17)20-19(24)15-8-9-21(3)18(23)10-15/h4-10,13-14H,11-12H2,1-3H3,(H,20,24)/t13-,14+.